The molecule has 1 unspecified atom stereocenters. The highest BCUT2D eigenvalue weighted by atomic mass is 35.5. The molecule has 1 aliphatic rings. The van der Waals surface area contributed by atoms with Crippen LogP contribution < -0.4 is 10.2 Å². The average Bonchev–Trinajstić information content (AvgIpc) is 2.40. The summed E-state index contributed by atoms with van der Waals surface area (Å²) in [6, 6.07) is 6.83. The van der Waals surface area contributed by atoms with E-state index < -0.39 is 0 Å². The lowest BCUT2D eigenvalue weighted by molar-refractivity contribution is 0.234. The van der Waals surface area contributed by atoms with Gasteiger partial charge in [0, 0.05) is 42.9 Å². The van der Waals surface area contributed by atoms with Gasteiger partial charge >= 0.3 is 0 Å². The van der Waals surface area contributed by atoms with Crippen LogP contribution in [0, 0.1) is 0 Å². The molecule has 0 saturated carbocycles. The van der Waals surface area contributed by atoms with Crippen LogP contribution in [0.5, 0.6) is 0 Å². The lowest BCUT2D eigenvalue weighted by Crippen LogP contribution is -2.50. The first kappa shape index (κ1) is 14.6. The second-order valence-corrected chi connectivity index (χ2v) is 5.77. The molecule has 3 nitrogen and oxygen atoms in total. The van der Waals surface area contributed by atoms with Crippen molar-refractivity contribution in [3.8, 4) is 0 Å². The highest BCUT2D eigenvalue weighted by molar-refractivity contribution is 6.30. The molecule has 2 rings (SSSR count). The predicted molar refractivity (Wildman–Crippen MR) is 83.1 cm³/mol. The molecule has 0 aliphatic carbocycles. The van der Waals surface area contributed by atoms with Crippen LogP contribution in [0.25, 0.3) is 0 Å². The normalized spacial score (nSPS) is 20.8. The van der Waals surface area contributed by atoms with E-state index in [4.69, 9.17) is 11.6 Å². The fraction of sp³-hybridized carbons (Fsp3) is 0.600. The predicted octanol–water partition coefficient (Wildman–Crippen LogP) is 2.59. The number of nitrogens with zero attached hydrogens (tertiary/aromatic N) is 2. The van der Waals surface area contributed by atoms with Crippen molar-refractivity contribution in [2.24, 2.45) is 0 Å². The molecule has 1 fully saturated rings. The van der Waals surface area contributed by atoms with Gasteiger partial charge in [0.15, 0.2) is 0 Å². The quantitative estimate of drug-likeness (QED) is 0.915. The topological polar surface area (TPSA) is 18.5 Å². The number of benzene rings is 1. The molecule has 0 bridgehead atoms. The first-order valence-corrected chi connectivity index (χ1v) is 7.44. The zero-order valence-corrected chi connectivity index (χ0v) is 12.9. The van der Waals surface area contributed by atoms with Gasteiger partial charge in [0.25, 0.3) is 0 Å². The van der Waals surface area contributed by atoms with E-state index in [-0.39, 0.29) is 0 Å². The van der Waals surface area contributed by atoms with E-state index in [1.807, 2.05) is 6.07 Å². The standard InChI is InChI=1S/C15H24ClN3/c1-4-17-10-13-9-14(16)5-6-15(13)19-8-7-18(3)12(2)11-19/h5-6,9,12,17H,4,7-8,10-11H2,1-3H3. The van der Waals surface area contributed by atoms with Gasteiger partial charge in [0.2, 0.25) is 0 Å². The number of nitrogens with one attached hydrogen (secondary N) is 1. The van der Waals surface area contributed by atoms with Crippen molar-refractivity contribution in [3.05, 3.63) is 28.8 Å². The Balaban J connectivity index is 2.18. The Morgan fingerprint density at radius 2 is 2.16 bits per heavy atom. The fourth-order valence-electron chi connectivity index (χ4n) is 2.53. The first-order chi connectivity index (χ1) is 9.11. The maximum atomic E-state index is 6.13. The summed E-state index contributed by atoms with van der Waals surface area (Å²) < 4.78 is 0. The largest absolute Gasteiger partial charge is 0.368 e. The minimum absolute atomic E-state index is 0.594. The van der Waals surface area contributed by atoms with Gasteiger partial charge in [0.1, 0.15) is 0 Å². The number of anilines is 1. The van der Waals surface area contributed by atoms with E-state index in [0.717, 1.165) is 37.7 Å². The molecule has 0 amide bonds. The number of halogens is 1. The number of likely N-dealkylation sites (N-methyl/N-ethyl adjacent to an activating group) is 1. The van der Waals surface area contributed by atoms with Gasteiger partial charge in [-0.1, -0.05) is 18.5 Å². The van der Waals surface area contributed by atoms with Gasteiger partial charge < -0.3 is 15.1 Å². The molecule has 1 N–H and O–H groups in total. The molecule has 1 aromatic carbocycles. The van der Waals surface area contributed by atoms with Crippen LogP contribution in [0.15, 0.2) is 18.2 Å². The van der Waals surface area contributed by atoms with Gasteiger partial charge in [-0.25, -0.2) is 0 Å². The number of hydrogen-bond donors (Lipinski definition) is 1. The summed E-state index contributed by atoms with van der Waals surface area (Å²) in [6.07, 6.45) is 0. The third-order valence-electron chi connectivity index (χ3n) is 3.91. The Hall–Kier alpha value is -0.770. The first-order valence-electron chi connectivity index (χ1n) is 7.06. The summed E-state index contributed by atoms with van der Waals surface area (Å²) in [7, 11) is 2.20. The minimum Gasteiger partial charge on any atom is -0.368 e. The van der Waals surface area contributed by atoms with Crippen LogP contribution in [0.3, 0.4) is 0 Å². The Morgan fingerprint density at radius 1 is 1.37 bits per heavy atom. The van der Waals surface area contributed by atoms with Crippen LogP contribution in [0.1, 0.15) is 19.4 Å². The smallest absolute Gasteiger partial charge is 0.0413 e. The molecule has 0 aromatic heterocycles. The SMILES string of the molecule is CCNCc1cc(Cl)ccc1N1CCN(C)C(C)C1. The van der Waals surface area contributed by atoms with Crippen LogP contribution in [0.2, 0.25) is 5.02 Å². The summed E-state index contributed by atoms with van der Waals surface area (Å²) in [6.45, 7) is 9.55. The molecule has 1 saturated heterocycles. The Morgan fingerprint density at radius 3 is 2.84 bits per heavy atom. The number of piperazine rings is 1. The second kappa shape index (κ2) is 6.60. The summed E-state index contributed by atoms with van der Waals surface area (Å²) >= 11 is 6.13. The van der Waals surface area contributed by atoms with Gasteiger partial charge in [-0.3, -0.25) is 0 Å². The van der Waals surface area contributed by atoms with E-state index in [1.54, 1.807) is 0 Å². The maximum Gasteiger partial charge on any atom is 0.0413 e. The molecule has 1 atom stereocenters. The highest BCUT2D eigenvalue weighted by Crippen LogP contribution is 2.26. The van der Waals surface area contributed by atoms with Gasteiger partial charge in [-0.2, -0.15) is 0 Å². The lowest BCUT2D eigenvalue weighted by atomic mass is 10.1. The van der Waals surface area contributed by atoms with Crippen molar-refractivity contribution in [3.63, 3.8) is 0 Å². The lowest BCUT2D eigenvalue weighted by Gasteiger charge is -2.39. The zero-order chi connectivity index (χ0) is 13.8. The molecular formula is C15H24ClN3. The van der Waals surface area contributed by atoms with E-state index in [9.17, 15) is 0 Å². The molecule has 19 heavy (non-hydrogen) atoms. The van der Waals surface area contributed by atoms with Crippen LogP contribution in [-0.4, -0.2) is 44.2 Å². The third-order valence-corrected chi connectivity index (χ3v) is 4.14. The zero-order valence-electron chi connectivity index (χ0n) is 12.1. The summed E-state index contributed by atoms with van der Waals surface area (Å²) in [4.78, 5) is 4.89. The summed E-state index contributed by atoms with van der Waals surface area (Å²) in [5.74, 6) is 0. The molecular weight excluding hydrogens is 258 g/mol. The summed E-state index contributed by atoms with van der Waals surface area (Å²) in [5, 5.41) is 4.21. The van der Waals surface area contributed by atoms with Crippen molar-refractivity contribution in [1.29, 1.82) is 0 Å². The van der Waals surface area contributed by atoms with Crippen LogP contribution >= 0.6 is 11.6 Å². The Kier molecular flexibility index (Phi) is 5.08. The van der Waals surface area contributed by atoms with Crippen molar-refractivity contribution < 1.29 is 0 Å². The fourth-order valence-corrected chi connectivity index (χ4v) is 2.73. The van der Waals surface area contributed by atoms with E-state index >= 15 is 0 Å². The maximum absolute atomic E-state index is 6.13. The highest BCUT2D eigenvalue weighted by Gasteiger charge is 2.22. The monoisotopic (exact) mass is 281 g/mol. The average molecular weight is 282 g/mol. The second-order valence-electron chi connectivity index (χ2n) is 5.33. The Labute approximate surface area is 121 Å². The molecule has 0 radical (unpaired) electrons. The minimum atomic E-state index is 0.594. The third kappa shape index (κ3) is 3.62. The van der Waals surface area contributed by atoms with Gasteiger partial charge in [-0.05, 0) is 44.3 Å². The molecule has 1 aromatic rings. The number of hydrogen-bond acceptors (Lipinski definition) is 3. The van der Waals surface area contributed by atoms with Crippen LogP contribution in [0.4, 0.5) is 5.69 Å². The Bertz CT molecular complexity index is 422. The van der Waals surface area contributed by atoms with Gasteiger partial charge in [0.05, 0.1) is 0 Å². The summed E-state index contributed by atoms with van der Waals surface area (Å²) in [5.41, 5.74) is 2.62. The van der Waals surface area contributed by atoms with Crippen molar-refractivity contribution >= 4 is 17.3 Å². The molecule has 0 spiro atoms. The van der Waals surface area contributed by atoms with E-state index in [2.05, 4.69) is 48.1 Å². The van der Waals surface area contributed by atoms with Gasteiger partial charge in [-0.15, -0.1) is 0 Å². The molecule has 1 aliphatic heterocycles. The van der Waals surface area contributed by atoms with Crippen molar-refractivity contribution in [2.45, 2.75) is 26.4 Å². The molecule has 106 valence electrons. The van der Waals surface area contributed by atoms with Crippen molar-refractivity contribution in [1.82, 2.24) is 10.2 Å². The van der Waals surface area contributed by atoms with Crippen molar-refractivity contribution in [2.75, 3.05) is 38.1 Å². The number of rotatable bonds is 4. The molecule has 1 heterocycles. The van der Waals surface area contributed by atoms with Crippen LogP contribution in [-0.2, 0) is 6.54 Å². The van der Waals surface area contributed by atoms with E-state index in [1.165, 1.54) is 11.3 Å². The van der Waals surface area contributed by atoms with E-state index in [0.29, 0.717) is 6.04 Å². The molecule has 4 heteroatoms.